The van der Waals surface area contributed by atoms with E-state index in [1.54, 1.807) is 0 Å². The molecule has 0 radical (unpaired) electrons. The maximum absolute atomic E-state index is 3.33. The first-order valence-electron chi connectivity index (χ1n) is 4.74. The van der Waals surface area contributed by atoms with Crippen LogP contribution in [0.25, 0.3) is 0 Å². The highest BCUT2D eigenvalue weighted by Crippen LogP contribution is 2.23. The monoisotopic (exact) mass is 154 g/mol. The Balaban J connectivity index is 1.70. The third-order valence-electron chi connectivity index (χ3n) is 3.02. The SMILES string of the molecule is CN1CCC(CC2CNC2)C1. The van der Waals surface area contributed by atoms with E-state index >= 15 is 0 Å². The van der Waals surface area contributed by atoms with Crippen LogP contribution in [0.5, 0.6) is 0 Å². The van der Waals surface area contributed by atoms with Crippen LogP contribution in [0.2, 0.25) is 0 Å². The lowest BCUT2D eigenvalue weighted by Crippen LogP contribution is -2.43. The molecule has 0 aromatic carbocycles. The first-order chi connectivity index (χ1) is 5.34. The van der Waals surface area contributed by atoms with E-state index in [0.29, 0.717) is 0 Å². The number of rotatable bonds is 2. The van der Waals surface area contributed by atoms with Crippen LogP contribution in [0.1, 0.15) is 12.8 Å². The quantitative estimate of drug-likeness (QED) is 0.625. The van der Waals surface area contributed by atoms with E-state index in [0.717, 1.165) is 11.8 Å². The van der Waals surface area contributed by atoms with Gasteiger partial charge in [-0.1, -0.05) is 0 Å². The van der Waals surface area contributed by atoms with Crippen LogP contribution >= 0.6 is 0 Å². The summed E-state index contributed by atoms with van der Waals surface area (Å²) in [4.78, 5) is 2.46. The van der Waals surface area contributed by atoms with Crippen LogP contribution in [-0.4, -0.2) is 38.1 Å². The van der Waals surface area contributed by atoms with E-state index < -0.39 is 0 Å². The van der Waals surface area contributed by atoms with Crippen LogP contribution in [-0.2, 0) is 0 Å². The van der Waals surface area contributed by atoms with Gasteiger partial charge < -0.3 is 10.2 Å². The van der Waals surface area contributed by atoms with Crippen molar-refractivity contribution in [2.24, 2.45) is 11.8 Å². The first kappa shape index (κ1) is 7.56. The standard InChI is InChI=1S/C9H18N2/c1-11-3-2-8(7-11)4-9-5-10-6-9/h8-10H,2-7H2,1H3. The molecule has 2 nitrogen and oxygen atoms in total. The van der Waals surface area contributed by atoms with Gasteiger partial charge >= 0.3 is 0 Å². The topological polar surface area (TPSA) is 15.3 Å². The van der Waals surface area contributed by atoms with Gasteiger partial charge in [0.05, 0.1) is 0 Å². The lowest BCUT2D eigenvalue weighted by atomic mass is 9.90. The molecule has 0 bridgehead atoms. The van der Waals surface area contributed by atoms with Crippen molar-refractivity contribution in [3.8, 4) is 0 Å². The van der Waals surface area contributed by atoms with E-state index in [9.17, 15) is 0 Å². The van der Waals surface area contributed by atoms with Gasteiger partial charge in [0.1, 0.15) is 0 Å². The molecular formula is C9H18N2. The maximum atomic E-state index is 3.33. The van der Waals surface area contributed by atoms with Gasteiger partial charge in [-0.3, -0.25) is 0 Å². The molecule has 1 atom stereocenters. The summed E-state index contributed by atoms with van der Waals surface area (Å²) < 4.78 is 0. The summed E-state index contributed by atoms with van der Waals surface area (Å²) in [7, 11) is 2.24. The highest BCUT2D eigenvalue weighted by atomic mass is 15.1. The largest absolute Gasteiger partial charge is 0.316 e. The van der Waals surface area contributed by atoms with Gasteiger partial charge in [-0.25, -0.2) is 0 Å². The second-order valence-corrected chi connectivity index (χ2v) is 4.18. The molecule has 2 heteroatoms. The highest BCUT2D eigenvalue weighted by molar-refractivity contribution is 4.81. The van der Waals surface area contributed by atoms with Crippen LogP contribution < -0.4 is 5.32 Å². The average molecular weight is 154 g/mol. The molecule has 0 amide bonds. The van der Waals surface area contributed by atoms with Crippen LogP contribution in [0.15, 0.2) is 0 Å². The fourth-order valence-electron chi connectivity index (χ4n) is 2.21. The molecule has 2 aliphatic rings. The van der Waals surface area contributed by atoms with Gasteiger partial charge in [0, 0.05) is 6.54 Å². The van der Waals surface area contributed by atoms with E-state index in [4.69, 9.17) is 0 Å². The summed E-state index contributed by atoms with van der Waals surface area (Å²) >= 11 is 0. The minimum absolute atomic E-state index is 1.01. The number of hydrogen-bond donors (Lipinski definition) is 1. The summed E-state index contributed by atoms with van der Waals surface area (Å²) in [6.45, 7) is 5.22. The number of likely N-dealkylation sites (tertiary alicyclic amines) is 1. The van der Waals surface area contributed by atoms with Crippen LogP contribution in [0, 0.1) is 11.8 Å². The van der Waals surface area contributed by atoms with E-state index in [1.807, 2.05) is 0 Å². The van der Waals surface area contributed by atoms with Crippen molar-refractivity contribution in [2.75, 3.05) is 33.2 Å². The summed E-state index contributed by atoms with van der Waals surface area (Å²) in [5, 5.41) is 3.33. The van der Waals surface area contributed by atoms with Crippen molar-refractivity contribution in [3.63, 3.8) is 0 Å². The van der Waals surface area contributed by atoms with Gasteiger partial charge in [0.2, 0.25) is 0 Å². The average Bonchev–Trinajstić information content (AvgIpc) is 2.27. The van der Waals surface area contributed by atoms with Crippen molar-refractivity contribution in [2.45, 2.75) is 12.8 Å². The van der Waals surface area contributed by atoms with E-state index in [1.165, 1.54) is 39.0 Å². The molecule has 11 heavy (non-hydrogen) atoms. The van der Waals surface area contributed by atoms with E-state index in [2.05, 4.69) is 17.3 Å². The molecule has 2 rings (SSSR count). The Morgan fingerprint density at radius 2 is 2.18 bits per heavy atom. The molecule has 0 saturated carbocycles. The zero-order valence-corrected chi connectivity index (χ0v) is 7.34. The third kappa shape index (κ3) is 1.74. The molecule has 2 aliphatic heterocycles. The Morgan fingerprint density at radius 3 is 2.64 bits per heavy atom. The summed E-state index contributed by atoms with van der Waals surface area (Å²) in [6, 6.07) is 0. The molecule has 2 fully saturated rings. The second kappa shape index (κ2) is 3.11. The summed E-state index contributed by atoms with van der Waals surface area (Å²) in [6.07, 6.45) is 2.91. The van der Waals surface area contributed by atoms with Crippen molar-refractivity contribution in [1.82, 2.24) is 10.2 Å². The Bertz CT molecular complexity index is 132. The molecule has 64 valence electrons. The van der Waals surface area contributed by atoms with Gasteiger partial charge in [-0.2, -0.15) is 0 Å². The lowest BCUT2D eigenvalue weighted by Gasteiger charge is -2.29. The predicted octanol–water partition coefficient (Wildman–Crippen LogP) is 0.548. The zero-order chi connectivity index (χ0) is 7.68. The molecule has 2 heterocycles. The van der Waals surface area contributed by atoms with Crippen LogP contribution in [0.4, 0.5) is 0 Å². The van der Waals surface area contributed by atoms with Crippen molar-refractivity contribution in [1.29, 1.82) is 0 Å². The fourth-order valence-corrected chi connectivity index (χ4v) is 2.21. The fraction of sp³-hybridized carbons (Fsp3) is 1.00. The predicted molar refractivity (Wildman–Crippen MR) is 46.6 cm³/mol. The third-order valence-corrected chi connectivity index (χ3v) is 3.02. The Labute approximate surface area is 69.0 Å². The Hall–Kier alpha value is -0.0800. The summed E-state index contributed by atoms with van der Waals surface area (Å²) in [5.74, 6) is 2.01. The Morgan fingerprint density at radius 1 is 1.36 bits per heavy atom. The lowest BCUT2D eigenvalue weighted by molar-refractivity contribution is 0.273. The van der Waals surface area contributed by atoms with Gasteiger partial charge in [0.15, 0.2) is 0 Å². The van der Waals surface area contributed by atoms with E-state index in [-0.39, 0.29) is 0 Å². The normalized spacial score (nSPS) is 34.1. The van der Waals surface area contributed by atoms with Gasteiger partial charge in [0.25, 0.3) is 0 Å². The van der Waals surface area contributed by atoms with Crippen molar-refractivity contribution >= 4 is 0 Å². The minimum atomic E-state index is 1.01. The van der Waals surface area contributed by atoms with Gasteiger partial charge in [-0.15, -0.1) is 0 Å². The molecular weight excluding hydrogens is 136 g/mol. The number of nitrogens with one attached hydrogen (secondary N) is 1. The molecule has 0 spiro atoms. The highest BCUT2D eigenvalue weighted by Gasteiger charge is 2.25. The number of hydrogen-bond acceptors (Lipinski definition) is 2. The Kier molecular flexibility index (Phi) is 2.14. The molecule has 0 aromatic rings. The molecule has 1 unspecified atom stereocenters. The van der Waals surface area contributed by atoms with Crippen molar-refractivity contribution in [3.05, 3.63) is 0 Å². The first-order valence-corrected chi connectivity index (χ1v) is 4.74. The second-order valence-electron chi connectivity index (χ2n) is 4.18. The number of nitrogens with zero attached hydrogens (tertiary/aromatic N) is 1. The smallest absolute Gasteiger partial charge is 0.000720 e. The maximum Gasteiger partial charge on any atom is 0.000720 e. The van der Waals surface area contributed by atoms with Crippen LogP contribution in [0.3, 0.4) is 0 Å². The zero-order valence-electron chi connectivity index (χ0n) is 7.34. The summed E-state index contributed by atoms with van der Waals surface area (Å²) in [5.41, 5.74) is 0. The minimum Gasteiger partial charge on any atom is -0.316 e. The van der Waals surface area contributed by atoms with Crippen molar-refractivity contribution < 1.29 is 0 Å². The van der Waals surface area contributed by atoms with Gasteiger partial charge in [-0.05, 0) is 51.4 Å². The molecule has 1 N–H and O–H groups in total. The molecule has 0 aliphatic carbocycles. The molecule has 0 aromatic heterocycles. The molecule has 2 saturated heterocycles.